The van der Waals surface area contributed by atoms with Gasteiger partial charge in [-0.25, -0.2) is 4.98 Å². The number of aromatic hydroxyl groups is 2. The van der Waals surface area contributed by atoms with Gasteiger partial charge in [-0.2, -0.15) is 0 Å². The van der Waals surface area contributed by atoms with Gasteiger partial charge in [-0.3, -0.25) is 4.79 Å². The molecule has 0 aliphatic rings. The van der Waals surface area contributed by atoms with Crippen molar-refractivity contribution in [1.82, 2.24) is 4.98 Å². The van der Waals surface area contributed by atoms with Crippen molar-refractivity contribution in [2.45, 2.75) is 0 Å². The first kappa shape index (κ1) is 11.7. The lowest BCUT2D eigenvalue weighted by molar-refractivity contribution is 0.102. The third kappa shape index (κ3) is 2.17. The number of pyridine rings is 1. The molecule has 6 heteroatoms. The number of nitrogens with one attached hydrogen (secondary N) is 1. The predicted molar refractivity (Wildman–Crippen MR) is 66.4 cm³/mol. The molecule has 1 amide bonds. The SMILES string of the molecule is Nc1cccnc1NC(=O)c1cccc(O)c1O. The van der Waals surface area contributed by atoms with Gasteiger partial charge in [0.1, 0.15) is 0 Å². The van der Waals surface area contributed by atoms with Crippen molar-refractivity contribution in [3.63, 3.8) is 0 Å². The van der Waals surface area contributed by atoms with Crippen LogP contribution in [0, 0.1) is 0 Å². The van der Waals surface area contributed by atoms with E-state index in [1.54, 1.807) is 12.1 Å². The van der Waals surface area contributed by atoms with Gasteiger partial charge in [0.15, 0.2) is 17.3 Å². The number of carbonyl (C=O) groups is 1. The number of nitrogens with two attached hydrogens (primary N) is 1. The lowest BCUT2D eigenvalue weighted by atomic mass is 10.1. The number of anilines is 2. The molecule has 0 radical (unpaired) electrons. The predicted octanol–water partition coefficient (Wildman–Crippen LogP) is 1.33. The Balaban J connectivity index is 2.28. The Hall–Kier alpha value is -2.76. The van der Waals surface area contributed by atoms with E-state index in [9.17, 15) is 15.0 Å². The van der Waals surface area contributed by atoms with E-state index in [0.717, 1.165) is 0 Å². The number of para-hydroxylation sites is 1. The number of amides is 1. The molecule has 5 N–H and O–H groups in total. The molecule has 0 fully saturated rings. The fraction of sp³-hybridized carbons (Fsp3) is 0. The van der Waals surface area contributed by atoms with E-state index in [2.05, 4.69) is 10.3 Å². The summed E-state index contributed by atoms with van der Waals surface area (Å²) in [7, 11) is 0. The summed E-state index contributed by atoms with van der Waals surface area (Å²) in [5, 5.41) is 21.3. The van der Waals surface area contributed by atoms with Crippen LogP contribution >= 0.6 is 0 Å². The fourth-order valence-corrected chi connectivity index (χ4v) is 1.41. The molecular formula is C12H11N3O3. The first-order valence-corrected chi connectivity index (χ1v) is 5.12. The number of hydrogen-bond acceptors (Lipinski definition) is 5. The van der Waals surface area contributed by atoms with Crippen molar-refractivity contribution in [3.8, 4) is 11.5 Å². The molecule has 1 heterocycles. The van der Waals surface area contributed by atoms with Crippen LogP contribution in [0.25, 0.3) is 0 Å². The average molecular weight is 245 g/mol. The molecule has 0 bridgehead atoms. The maximum absolute atomic E-state index is 11.9. The van der Waals surface area contributed by atoms with Crippen molar-refractivity contribution in [2.24, 2.45) is 0 Å². The molecule has 0 spiro atoms. The molecule has 0 saturated heterocycles. The summed E-state index contributed by atoms with van der Waals surface area (Å²) in [4.78, 5) is 15.8. The number of nitrogen functional groups attached to an aromatic ring is 1. The van der Waals surface area contributed by atoms with Crippen molar-refractivity contribution in [2.75, 3.05) is 11.1 Å². The minimum absolute atomic E-state index is 0.0555. The van der Waals surface area contributed by atoms with Crippen LogP contribution in [0.1, 0.15) is 10.4 Å². The number of rotatable bonds is 2. The van der Waals surface area contributed by atoms with Crippen molar-refractivity contribution >= 4 is 17.4 Å². The highest BCUT2D eigenvalue weighted by molar-refractivity contribution is 6.07. The topological polar surface area (TPSA) is 108 Å². The van der Waals surface area contributed by atoms with Crippen LogP contribution in [0.15, 0.2) is 36.5 Å². The van der Waals surface area contributed by atoms with Crippen LogP contribution in [-0.4, -0.2) is 21.1 Å². The van der Waals surface area contributed by atoms with Crippen molar-refractivity contribution in [1.29, 1.82) is 0 Å². The Morgan fingerprint density at radius 2 is 2.00 bits per heavy atom. The second-order valence-corrected chi connectivity index (χ2v) is 3.57. The molecule has 92 valence electrons. The molecular weight excluding hydrogens is 234 g/mol. The largest absolute Gasteiger partial charge is 0.504 e. The molecule has 6 nitrogen and oxygen atoms in total. The average Bonchev–Trinajstić information content (AvgIpc) is 2.35. The van der Waals surface area contributed by atoms with Gasteiger partial charge in [0.2, 0.25) is 0 Å². The Morgan fingerprint density at radius 1 is 1.22 bits per heavy atom. The van der Waals surface area contributed by atoms with Crippen molar-refractivity contribution in [3.05, 3.63) is 42.1 Å². The summed E-state index contributed by atoms with van der Waals surface area (Å²) >= 11 is 0. The Labute approximate surface area is 103 Å². The number of nitrogens with zero attached hydrogens (tertiary/aromatic N) is 1. The van der Waals surface area contributed by atoms with Gasteiger partial charge < -0.3 is 21.3 Å². The summed E-state index contributed by atoms with van der Waals surface area (Å²) in [6.45, 7) is 0. The number of phenolic OH excluding ortho intramolecular Hbond substituents is 2. The van der Waals surface area contributed by atoms with Gasteiger partial charge >= 0.3 is 0 Å². The summed E-state index contributed by atoms with van der Waals surface area (Å²) in [6, 6.07) is 7.33. The molecule has 0 atom stereocenters. The summed E-state index contributed by atoms with van der Waals surface area (Å²) in [5.41, 5.74) is 5.88. The quantitative estimate of drug-likeness (QED) is 0.597. The van der Waals surface area contributed by atoms with Gasteiger partial charge in [-0.1, -0.05) is 6.07 Å². The normalized spacial score (nSPS) is 10.0. The van der Waals surface area contributed by atoms with E-state index in [-0.39, 0.29) is 17.1 Å². The van der Waals surface area contributed by atoms with E-state index >= 15 is 0 Å². The Morgan fingerprint density at radius 3 is 2.72 bits per heavy atom. The van der Waals surface area contributed by atoms with E-state index in [0.29, 0.717) is 5.69 Å². The zero-order chi connectivity index (χ0) is 13.1. The van der Waals surface area contributed by atoms with Crippen LogP contribution in [0.5, 0.6) is 11.5 Å². The summed E-state index contributed by atoms with van der Waals surface area (Å²) in [6.07, 6.45) is 1.48. The summed E-state index contributed by atoms with van der Waals surface area (Å²) in [5.74, 6) is -1.25. The number of carbonyl (C=O) groups excluding carboxylic acids is 1. The smallest absolute Gasteiger partial charge is 0.260 e. The zero-order valence-electron chi connectivity index (χ0n) is 9.29. The van der Waals surface area contributed by atoms with Gasteiger partial charge in [-0.15, -0.1) is 0 Å². The number of aromatic nitrogens is 1. The maximum Gasteiger partial charge on any atom is 0.260 e. The molecule has 0 aliphatic carbocycles. The van der Waals surface area contributed by atoms with Crippen LogP contribution in [0.2, 0.25) is 0 Å². The van der Waals surface area contributed by atoms with E-state index < -0.39 is 11.7 Å². The van der Waals surface area contributed by atoms with Crippen LogP contribution in [0.3, 0.4) is 0 Å². The number of benzene rings is 1. The molecule has 18 heavy (non-hydrogen) atoms. The highest BCUT2D eigenvalue weighted by Gasteiger charge is 2.15. The van der Waals surface area contributed by atoms with Crippen LogP contribution in [0.4, 0.5) is 11.5 Å². The first-order valence-electron chi connectivity index (χ1n) is 5.12. The lowest BCUT2D eigenvalue weighted by Crippen LogP contribution is -2.14. The van der Waals surface area contributed by atoms with Gasteiger partial charge in [0.05, 0.1) is 11.3 Å². The zero-order valence-corrected chi connectivity index (χ0v) is 9.29. The molecule has 0 unspecified atom stereocenters. The number of hydrogen-bond donors (Lipinski definition) is 4. The van der Waals surface area contributed by atoms with E-state index in [1.807, 2.05) is 0 Å². The third-order valence-electron chi connectivity index (χ3n) is 2.33. The van der Waals surface area contributed by atoms with Gasteiger partial charge in [-0.05, 0) is 24.3 Å². The minimum atomic E-state index is -0.603. The highest BCUT2D eigenvalue weighted by atomic mass is 16.3. The van der Waals surface area contributed by atoms with Crippen LogP contribution in [-0.2, 0) is 0 Å². The summed E-state index contributed by atoms with van der Waals surface area (Å²) < 4.78 is 0. The molecule has 1 aromatic heterocycles. The van der Waals surface area contributed by atoms with Gasteiger partial charge in [0, 0.05) is 6.20 Å². The maximum atomic E-state index is 11.9. The fourth-order valence-electron chi connectivity index (χ4n) is 1.41. The van der Waals surface area contributed by atoms with Crippen molar-refractivity contribution < 1.29 is 15.0 Å². The van der Waals surface area contributed by atoms with Gasteiger partial charge in [0.25, 0.3) is 5.91 Å². The monoisotopic (exact) mass is 245 g/mol. The molecule has 2 rings (SSSR count). The Bertz CT molecular complexity index is 599. The third-order valence-corrected chi connectivity index (χ3v) is 2.33. The second-order valence-electron chi connectivity index (χ2n) is 3.57. The molecule has 2 aromatic rings. The molecule has 1 aromatic carbocycles. The lowest BCUT2D eigenvalue weighted by Gasteiger charge is -2.08. The second kappa shape index (κ2) is 4.62. The van der Waals surface area contributed by atoms with E-state index in [4.69, 9.17) is 5.73 Å². The minimum Gasteiger partial charge on any atom is -0.504 e. The van der Waals surface area contributed by atoms with Crippen LogP contribution < -0.4 is 11.1 Å². The van der Waals surface area contributed by atoms with E-state index in [1.165, 1.54) is 24.4 Å². The number of phenols is 2. The Kier molecular flexibility index (Phi) is 3.01. The highest BCUT2D eigenvalue weighted by Crippen LogP contribution is 2.28. The first-order chi connectivity index (χ1) is 8.59. The molecule has 0 aliphatic heterocycles. The standard InChI is InChI=1S/C12H11N3O3/c13-8-4-2-6-14-11(8)15-12(18)7-3-1-5-9(16)10(7)17/h1-6,16-17H,13H2,(H,14,15,18). The molecule has 0 saturated carbocycles.